The van der Waals surface area contributed by atoms with E-state index in [9.17, 15) is 4.79 Å². The molecule has 1 unspecified atom stereocenters. The lowest BCUT2D eigenvalue weighted by atomic mass is 9.91. The third-order valence-electron chi connectivity index (χ3n) is 5.04. The van der Waals surface area contributed by atoms with Crippen LogP contribution in [0, 0.1) is 6.92 Å². The molecule has 3 aromatic rings. The van der Waals surface area contributed by atoms with Gasteiger partial charge in [-0.05, 0) is 60.7 Å². The molecule has 1 atom stereocenters. The van der Waals surface area contributed by atoms with Gasteiger partial charge in [-0.1, -0.05) is 31.5 Å². The molecular weight excluding hydrogens is 388 g/mol. The number of benzene rings is 2. The van der Waals surface area contributed by atoms with Gasteiger partial charge in [0.15, 0.2) is 0 Å². The van der Waals surface area contributed by atoms with Crippen molar-refractivity contribution in [2.24, 2.45) is 0 Å². The number of rotatable bonds is 7. The van der Waals surface area contributed by atoms with E-state index in [1.165, 1.54) is 0 Å². The molecule has 29 heavy (non-hydrogen) atoms. The first kappa shape index (κ1) is 21.3. The Labute approximate surface area is 176 Å². The molecule has 1 N–H and O–H groups in total. The highest BCUT2D eigenvalue weighted by Crippen LogP contribution is 2.36. The minimum atomic E-state index is -0.136. The number of nitrogens with one attached hydrogen (secondary N) is 1. The maximum atomic E-state index is 12.5. The van der Waals surface area contributed by atoms with E-state index >= 15 is 0 Å². The number of hydrogen-bond donors (Lipinski definition) is 1. The van der Waals surface area contributed by atoms with Gasteiger partial charge >= 0.3 is 0 Å². The van der Waals surface area contributed by atoms with Crippen molar-refractivity contribution in [1.29, 1.82) is 0 Å². The second-order valence-corrected chi connectivity index (χ2v) is 8.00. The largest absolute Gasteiger partial charge is 0.492 e. The van der Waals surface area contributed by atoms with Gasteiger partial charge in [-0.25, -0.2) is 4.98 Å². The van der Waals surface area contributed by atoms with Crippen molar-refractivity contribution in [3.05, 3.63) is 57.1 Å². The molecule has 0 saturated carbocycles. The quantitative estimate of drug-likeness (QED) is 0.556. The summed E-state index contributed by atoms with van der Waals surface area (Å²) >= 11 is 6.35. The van der Waals surface area contributed by atoms with Crippen molar-refractivity contribution in [1.82, 2.24) is 9.97 Å². The molecule has 5 nitrogen and oxygen atoms in total. The van der Waals surface area contributed by atoms with Gasteiger partial charge in [0, 0.05) is 13.5 Å². The van der Waals surface area contributed by atoms with E-state index in [2.05, 4.69) is 23.8 Å². The molecule has 1 aromatic heterocycles. The third-order valence-corrected chi connectivity index (χ3v) is 5.36. The van der Waals surface area contributed by atoms with Crippen LogP contribution in [0.15, 0.2) is 35.1 Å². The molecule has 0 radical (unpaired) electrons. The first-order chi connectivity index (χ1) is 13.8. The topological polar surface area (TPSA) is 64.2 Å². The van der Waals surface area contributed by atoms with Crippen LogP contribution in [0.25, 0.3) is 22.0 Å². The fraction of sp³-hybridized carbons (Fsp3) is 0.391. The summed E-state index contributed by atoms with van der Waals surface area (Å²) in [7, 11) is 1.68. The average Bonchev–Trinajstić information content (AvgIpc) is 2.68. The molecule has 0 aliphatic carbocycles. The number of ether oxygens (including phenoxy) is 2. The Morgan fingerprint density at radius 2 is 1.93 bits per heavy atom. The highest BCUT2D eigenvalue weighted by atomic mass is 35.5. The molecule has 6 heteroatoms. The van der Waals surface area contributed by atoms with Crippen LogP contribution in [0.2, 0.25) is 5.02 Å². The molecule has 154 valence electrons. The Kier molecular flexibility index (Phi) is 6.60. The molecule has 0 saturated heterocycles. The van der Waals surface area contributed by atoms with Crippen LogP contribution < -0.4 is 10.3 Å². The van der Waals surface area contributed by atoms with Gasteiger partial charge in [0.1, 0.15) is 11.6 Å². The Hall–Kier alpha value is -2.37. The Morgan fingerprint density at radius 1 is 1.17 bits per heavy atom. The van der Waals surface area contributed by atoms with E-state index < -0.39 is 0 Å². The molecule has 2 aromatic carbocycles. The van der Waals surface area contributed by atoms with E-state index in [0.717, 1.165) is 23.1 Å². The number of methoxy groups -OCH3 is 1. The fourth-order valence-electron chi connectivity index (χ4n) is 3.28. The van der Waals surface area contributed by atoms with Gasteiger partial charge in [0.25, 0.3) is 5.56 Å². The smallest absolute Gasteiger partial charge is 0.258 e. The fourth-order valence-corrected chi connectivity index (χ4v) is 3.45. The van der Waals surface area contributed by atoms with Crippen LogP contribution in [0.3, 0.4) is 0 Å². The highest BCUT2D eigenvalue weighted by Gasteiger charge is 2.15. The number of halogens is 1. The second-order valence-electron chi connectivity index (χ2n) is 7.59. The van der Waals surface area contributed by atoms with Crippen LogP contribution in [0.1, 0.15) is 44.5 Å². The second kappa shape index (κ2) is 8.97. The van der Waals surface area contributed by atoms with Gasteiger partial charge in [-0.2, -0.15) is 0 Å². The minimum Gasteiger partial charge on any atom is -0.492 e. The molecule has 0 fully saturated rings. The van der Waals surface area contributed by atoms with E-state index in [1.54, 1.807) is 14.0 Å². The van der Waals surface area contributed by atoms with Gasteiger partial charge < -0.3 is 14.5 Å². The van der Waals surface area contributed by atoms with Gasteiger partial charge in [0.2, 0.25) is 0 Å². The molecule has 0 aliphatic rings. The number of H-pyrrole nitrogens is 1. The van der Waals surface area contributed by atoms with Crippen molar-refractivity contribution in [3.63, 3.8) is 0 Å². The maximum absolute atomic E-state index is 12.5. The number of hydrogen-bond acceptors (Lipinski definition) is 4. The van der Waals surface area contributed by atoms with Gasteiger partial charge in [0.05, 0.1) is 28.6 Å². The van der Waals surface area contributed by atoms with Gasteiger partial charge in [-0.15, -0.1) is 0 Å². The summed E-state index contributed by atoms with van der Waals surface area (Å²) in [5, 5.41) is 1.13. The van der Waals surface area contributed by atoms with Crippen LogP contribution >= 0.6 is 11.6 Å². The van der Waals surface area contributed by atoms with E-state index in [-0.39, 0.29) is 17.6 Å². The summed E-state index contributed by atoms with van der Waals surface area (Å²) in [6, 6.07) is 9.64. The number of aryl methyl sites for hydroxylation is 1. The number of fused-ring (bicyclic) bond motifs is 1. The summed E-state index contributed by atoms with van der Waals surface area (Å²) in [5.41, 5.74) is 3.63. The Morgan fingerprint density at radius 3 is 2.62 bits per heavy atom. The van der Waals surface area contributed by atoms with Crippen molar-refractivity contribution in [2.45, 2.75) is 46.1 Å². The molecule has 0 bridgehead atoms. The lowest BCUT2D eigenvalue weighted by Crippen LogP contribution is -2.11. The van der Waals surface area contributed by atoms with Crippen LogP contribution in [0.4, 0.5) is 0 Å². The maximum Gasteiger partial charge on any atom is 0.258 e. The molecule has 3 rings (SSSR count). The first-order valence-electron chi connectivity index (χ1n) is 9.80. The molecule has 0 amide bonds. The van der Waals surface area contributed by atoms with Gasteiger partial charge in [-0.3, -0.25) is 4.79 Å². The average molecular weight is 415 g/mol. The third kappa shape index (κ3) is 4.80. The summed E-state index contributed by atoms with van der Waals surface area (Å²) in [5.74, 6) is 1.49. The van der Waals surface area contributed by atoms with Crippen molar-refractivity contribution >= 4 is 22.5 Å². The normalized spacial score (nSPS) is 12.5. The molecule has 0 spiro atoms. The summed E-state index contributed by atoms with van der Waals surface area (Å²) in [6.45, 7) is 8.56. The van der Waals surface area contributed by atoms with Crippen LogP contribution in [-0.2, 0) is 4.74 Å². The summed E-state index contributed by atoms with van der Waals surface area (Å²) in [4.78, 5) is 19.7. The number of nitrogens with zero attached hydrogens (tertiary/aromatic N) is 1. The Balaban J connectivity index is 2.06. The minimum absolute atomic E-state index is 0.118. The highest BCUT2D eigenvalue weighted by molar-refractivity contribution is 6.32. The van der Waals surface area contributed by atoms with Crippen molar-refractivity contribution in [3.8, 4) is 16.9 Å². The van der Waals surface area contributed by atoms with E-state index in [0.29, 0.717) is 34.1 Å². The monoisotopic (exact) mass is 414 g/mol. The molecular formula is C23H27ClN2O3. The number of aromatic nitrogens is 2. The molecule has 1 heterocycles. The van der Waals surface area contributed by atoms with Crippen LogP contribution in [0.5, 0.6) is 5.75 Å². The standard InChI is InChI=1S/C23H27ClN2O3/c1-13(2)17-12-21-19(23(27)26-15(4)25-21)11-18(17)16-6-7-20(24)22(10-16)29-9-8-14(3)28-5/h6-7,10-14H,8-9H2,1-5H3,(H,25,26,27). The Bertz CT molecular complexity index is 1080. The van der Waals surface area contributed by atoms with E-state index in [1.807, 2.05) is 37.3 Å². The predicted molar refractivity (Wildman–Crippen MR) is 118 cm³/mol. The van der Waals surface area contributed by atoms with Crippen molar-refractivity contribution in [2.75, 3.05) is 13.7 Å². The SMILES string of the molecule is COC(C)CCOc1cc(-c2cc3c(=O)[nH]c(C)nc3cc2C(C)C)ccc1Cl. The van der Waals surface area contributed by atoms with Crippen LogP contribution in [-0.4, -0.2) is 29.8 Å². The summed E-state index contributed by atoms with van der Waals surface area (Å²) < 4.78 is 11.2. The zero-order valence-corrected chi connectivity index (χ0v) is 18.3. The zero-order chi connectivity index (χ0) is 21.1. The first-order valence-corrected chi connectivity index (χ1v) is 10.2. The van der Waals surface area contributed by atoms with E-state index in [4.69, 9.17) is 21.1 Å². The van der Waals surface area contributed by atoms with Crippen molar-refractivity contribution < 1.29 is 9.47 Å². The number of aromatic amines is 1. The summed E-state index contributed by atoms with van der Waals surface area (Å²) in [6.07, 6.45) is 0.887. The molecule has 0 aliphatic heterocycles. The lowest BCUT2D eigenvalue weighted by Gasteiger charge is -2.17. The predicted octanol–water partition coefficient (Wildman–Crippen LogP) is 5.48. The lowest BCUT2D eigenvalue weighted by molar-refractivity contribution is 0.0956. The zero-order valence-electron chi connectivity index (χ0n) is 17.5.